The van der Waals surface area contributed by atoms with Gasteiger partial charge in [-0.05, 0) is 6.42 Å². The van der Waals surface area contributed by atoms with Gasteiger partial charge in [-0.1, -0.05) is 12.8 Å². The van der Waals surface area contributed by atoms with Crippen LogP contribution in [0.25, 0.3) is 0 Å². The summed E-state index contributed by atoms with van der Waals surface area (Å²) in [6.07, 6.45) is 9.31. The van der Waals surface area contributed by atoms with Gasteiger partial charge in [-0.25, -0.2) is 4.98 Å². The SMILES string of the molecule is C#CCC(=O)NC(CC)c1ncc[nH]1. The van der Waals surface area contributed by atoms with Crippen LogP contribution in [0.3, 0.4) is 0 Å². The minimum atomic E-state index is -0.143. The standard InChI is InChI=1S/C10H13N3O/c1-3-5-9(14)13-8(4-2)10-11-6-7-12-10/h1,6-8H,4-5H2,2H3,(H,11,12)(H,13,14). The zero-order valence-corrected chi connectivity index (χ0v) is 8.08. The summed E-state index contributed by atoms with van der Waals surface area (Å²) < 4.78 is 0. The monoisotopic (exact) mass is 191 g/mol. The third-order valence-electron chi connectivity index (χ3n) is 1.86. The summed E-state index contributed by atoms with van der Waals surface area (Å²) in [4.78, 5) is 18.2. The fourth-order valence-electron chi connectivity index (χ4n) is 1.17. The van der Waals surface area contributed by atoms with Crippen LogP contribution in [0.5, 0.6) is 0 Å². The van der Waals surface area contributed by atoms with E-state index >= 15 is 0 Å². The Kier molecular flexibility index (Phi) is 3.74. The normalized spacial score (nSPS) is 11.7. The number of imidazole rings is 1. The topological polar surface area (TPSA) is 57.8 Å². The van der Waals surface area contributed by atoms with E-state index in [0.29, 0.717) is 0 Å². The van der Waals surface area contributed by atoms with Gasteiger partial charge in [-0.2, -0.15) is 0 Å². The van der Waals surface area contributed by atoms with Crippen LogP contribution in [-0.4, -0.2) is 15.9 Å². The lowest BCUT2D eigenvalue weighted by atomic mass is 10.2. The first-order valence-electron chi connectivity index (χ1n) is 4.50. The van der Waals surface area contributed by atoms with Gasteiger partial charge in [0.2, 0.25) is 5.91 Å². The number of terminal acetylenes is 1. The Hall–Kier alpha value is -1.76. The Balaban J connectivity index is 2.57. The van der Waals surface area contributed by atoms with Crippen molar-refractivity contribution in [1.82, 2.24) is 15.3 Å². The van der Waals surface area contributed by atoms with Crippen molar-refractivity contribution in [3.8, 4) is 12.3 Å². The molecule has 1 aromatic rings. The summed E-state index contributed by atoms with van der Waals surface area (Å²) in [5.41, 5.74) is 0. The molecule has 0 aromatic carbocycles. The molecule has 0 saturated carbocycles. The molecule has 74 valence electrons. The Morgan fingerprint density at radius 2 is 2.64 bits per heavy atom. The number of aromatic amines is 1. The third kappa shape index (κ3) is 2.63. The van der Waals surface area contributed by atoms with Crippen LogP contribution in [0.15, 0.2) is 12.4 Å². The Bertz CT molecular complexity index is 324. The van der Waals surface area contributed by atoms with Crippen molar-refractivity contribution in [2.75, 3.05) is 0 Å². The van der Waals surface area contributed by atoms with E-state index in [-0.39, 0.29) is 18.4 Å². The molecule has 1 aromatic heterocycles. The molecule has 0 aliphatic rings. The maximum atomic E-state index is 11.2. The maximum Gasteiger partial charge on any atom is 0.232 e. The molecule has 14 heavy (non-hydrogen) atoms. The van der Waals surface area contributed by atoms with Gasteiger partial charge in [-0.15, -0.1) is 6.42 Å². The summed E-state index contributed by atoms with van der Waals surface area (Å²) in [7, 11) is 0. The number of nitrogens with one attached hydrogen (secondary N) is 2. The quantitative estimate of drug-likeness (QED) is 0.697. The highest BCUT2D eigenvalue weighted by atomic mass is 16.1. The molecule has 1 atom stereocenters. The molecule has 0 aliphatic heterocycles. The minimum absolute atomic E-state index is 0.0779. The van der Waals surface area contributed by atoms with Gasteiger partial charge in [0.15, 0.2) is 0 Å². The summed E-state index contributed by atoms with van der Waals surface area (Å²) >= 11 is 0. The number of carbonyl (C=O) groups is 1. The van der Waals surface area contributed by atoms with Crippen LogP contribution >= 0.6 is 0 Å². The third-order valence-corrected chi connectivity index (χ3v) is 1.86. The summed E-state index contributed by atoms with van der Waals surface area (Å²) in [5, 5.41) is 2.79. The molecular formula is C10H13N3O. The molecule has 4 nitrogen and oxygen atoms in total. The van der Waals surface area contributed by atoms with Crippen LogP contribution in [-0.2, 0) is 4.79 Å². The van der Waals surface area contributed by atoms with Gasteiger partial charge in [0.05, 0.1) is 12.5 Å². The molecule has 0 aliphatic carbocycles. The number of carbonyl (C=O) groups excluding carboxylic acids is 1. The highest BCUT2D eigenvalue weighted by molar-refractivity contribution is 5.78. The molecule has 4 heteroatoms. The molecule has 0 radical (unpaired) electrons. The molecule has 1 rings (SSSR count). The zero-order valence-electron chi connectivity index (χ0n) is 8.08. The molecule has 1 unspecified atom stereocenters. The minimum Gasteiger partial charge on any atom is -0.347 e. The van der Waals surface area contributed by atoms with Crippen molar-refractivity contribution < 1.29 is 4.79 Å². The van der Waals surface area contributed by atoms with E-state index < -0.39 is 0 Å². The second-order valence-corrected chi connectivity index (χ2v) is 2.88. The molecule has 1 heterocycles. The fourth-order valence-corrected chi connectivity index (χ4v) is 1.17. The predicted octanol–water partition coefficient (Wildman–Crippen LogP) is 1.00. The van der Waals surface area contributed by atoms with Crippen molar-refractivity contribution in [3.63, 3.8) is 0 Å². The highest BCUT2D eigenvalue weighted by Crippen LogP contribution is 2.10. The first-order valence-corrected chi connectivity index (χ1v) is 4.50. The molecule has 0 bridgehead atoms. The van der Waals surface area contributed by atoms with Crippen LogP contribution in [0, 0.1) is 12.3 Å². The molecular weight excluding hydrogens is 178 g/mol. The Morgan fingerprint density at radius 3 is 3.14 bits per heavy atom. The molecule has 0 fully saturated rings. The smallest absolute Gasteiger partial charge is 0.232 e. The molecule has 2 N–H and O–H groups in total. The van der Waals surface area contributed by atoms with E-state index in [2.05, 4.69) is 21.2 Å². The van der Waals surface area contributed by atoms with E-state index in [1.54, 1.807) is 12.4 Å². The van der Waals surface area contributed by atoms with Gasteiger partial charge in [-0.3, -0.25) is 4.79 Å². The number of rotatable bonds is 4. The molecule has 0 spiro atoms. The molecule has 0 saturated heterocycles. The average molecular weight is 191 g/mol. The largest absolute Gasteiger partial charge is 0.347 e. The van der Waals surface area contributed by atoms with E-state index in [0.717, 1.165) is 12.2 Å². The van der Waals surface area contributed by atoms with Crippen LogP contribution in [0.4, 0.5) is 0 Å². The summed E-state index contributed by atoms with van der Waals surface area (Å²) in [5.74, 6) is 2.92. The van der Waals surface area contributed by atoms with Crippen LogP contribution in [0.2, 0.25) is 0 Å². The second kappa shape index (κ2) is 5.07. The predicted molar refractivity (Wildman–Crippen MR) is 53.2 cm³/mol. The number of hydrogen-bond donors (Lipinski definition) is 2. The van der Waals surface area contributed by atoms with Crippen molar-refractivity contribution >= 4 is 5.91 Å². The van der Waals surface area contributed by atoms with Gasteiger partial charge in [0.1, 0.15) is 5.82 Å². The number of amides is 1. The number of H-pyrrole nitrogens is 1. The maximum absolute atomic E-state index is 11.2. The Labute approximate surface area is 83.1 Å². The lowest BCUT2D eigenvalue weighted by Crippen LogP contribution is -2.28. The van der Waals surface area contributed by atoms with E-state index in [1.807, 2.05) is 6.92 Å². The lowest BCUT2D eigenvalue weighted by Gasteiger charge is -2.13. The number of hydrogen-bond acceptors (Lipinski definition) is 2. The first-order chi connectivity index (χ1) is 6.77. The van der Waals surface area contributed by atoms with Gasteiger partial charge in [0, 0.05) is 12.4 Å². The second-order valence-electron chi connectivity index (χ2n) is 2.88. The summed E-state index contributed by atoms with van der Waals surface area (Å²) in [6, 6.07) is -0.0779. The van der Waals surface area contributed by atoms with Crippen molar-refractivity contribution in [2.24, 2.45) is 0 Å². The van der Waals surface area contributed by atoms with Crippen molar-refractivity contribution in [3.05, 3.63) is 18.2 Å². The van der Waals surface area contributed by atoms with Crippen molar-refractivity contribution in [1.29, 1.82) is 0 Å². The average Bonchev–Trinajstić information content (AvgIpc) is 2.67. The molecule has 1 amide bonds. The van der Waals surface area contributed by atoms with Crippen molar-refractivity contribution in [2.45, 2.75) is 25.8 Å². The lowest BCUT2D eigenvalue weighted by molar-refractivity contribution is -0.120. The zero-order chi connectivity index (χ0) is 10.4. The van der Waals surface area contributed by atoms with Gasteiger partial charge >= 0.3 is 0 Å². The van der Waals surface area contributed by atoms with E-state index in [1.165, 1.54) is 0 Å². The van der Waals surface area contributed by atoms with Crippen LogP contribution < -0.4 is 5.32 Å². The number of aromatic nitrogens is 2. The first kappa shape index (κ1) is 10.3. The fraction of sp³-hybridized carbons (Fsp3) is 0.400. The Morgan fingerprint density at radius 1 is 1.86 bits per heavy atom. The number of nitrogens with zero attached hydrogens (tertiary/aromatic N) is 1. The van der Waals surface area contributed by atoms with E-state index in [9.17, 15) is 4.79 Å². The van der Waals surface area contributed by atoms with Gasteiger partial charge in [0.25, 0.3) is 0 Å². The summed E-state index contributed by atoms with van der Waals surface area (Å²) in [6.45, 7) is 1.98. The van der Waals surface area contributed by atoms with Crippen LogP contribution in [0.1, 0.15) is 31.6 Å². The van der Waals surface area contributed by atoms with Gasteiger partial charge < -0.3 is 10.3 Å². The van der Waals surface area contributed by atoms with E-state index in [4.69, 9.17) is 6.42 Å². The highest BCUT2D eigenvalue weighted by Gasteiger charge is 2.13.